The van der Waals surface area contributed by atoms with Crippen LogP contribution in [0.3, 0.4) is 0 Å². The lowest BCUT2D eigenvalue weighted by molar-refractivity contribution is -0.438. The van der Waals surface area contributed by atoms with Gasteiger partial charge in [-0.05, 0) is 105 Å². The minimum atomic E-state index is -5.12. The minimum Gasteiger partial charge on any atom is -0.481 e. The molecule has 0 fully saturated rings. The number of anilines is 1. The van der Waals surface area contributed by atoms with Crippen LogP contribution in [-0.2, 0) is 103 Å². The van der Waals surface area contributed by atoms with Crippen molar-refractivity contribution in [1.29, 1.82) is 0 Å². The molecule has 4 aromatic rings. The first-order chi connectivity index (χ1) is 42.2. The SMILES string of the molecule is CCN1/C(=C/C=C/C2=[N+](CCCCCC(=O)O)c3ccc4c(S(=O)(=O)O)cc(S(=O)(=O)O)cc4c3C2(C)CCOCCOCCOCCOCCOC)C(C)(CCOCCOCCOCCOCCOC)c2c1ccc1c(S(=O)(=O)O)cc(S(=O)(=O)O)cc21. The predicted molar refractivity (Wildman–Crippen MR) is 328 cm³/mol. The summed E-state index contributed by atoms with van der Waals surface area (Å²) in [5.74, 6) is -0.969. The van der Waals surface area contributed by atoms with Crippen molar-refractivity contribution in [2.75, 3.05) is 151 Å². The first-order valence-corrected chi connectivity index (χ1v) is 34.8. The molecule has 0 saturated heterocycles. The van der Waals surface area contributed by atoms with Gasteiger partial charge in [0.2, 0.25) is 5.69 Å². The molecular formula is C59H83N2O24S4+. The highest BCUT2D eigenvalue weighted by Gasteiger charge is 2.50. The zero-order chi connectivity index (χ0) is 65.0. The second kappa shape index (κ2) is 33.6. The smallest absolute Gasteiger partial charge is 0.303 e. The quantitative estimate of drug-likeness (QED) is 0.0181. The van der Waals surface area contributed by atoms with E-state index in [1.165, 1.54) is 12.1 Å². The number of rotatable bonds is 43. The Morgan fingerprint density at radius 1 is 0.517 bits per heavy atom. The molecule has 0 spiro atoms. The van der Waals surface area contributed by atoms with Crippen LogP contribution in [0.25, 0.3) is 21.5 Å². The Bertz CT molecular complexity index is 3630. The maximum Gasteiger partial charge on any atom is 0.303 e. The number of carbonyl (C=O) groups is 1. The number of hydrogen-bond acceptors (Lipinski definition) is 20. The molecule has 0 aromatic heterocycles. The van der Waals surface area contributed by atoms with Crippen LogP contribution in [0, 0.1) is 0 Å². The maximum atomic E-state index is 13.1. The average Bonchev–Trinajstić information content (AvgIpc) is 1.61. The highest BCUT2D eigenvalue weighted by molar-refractivity contribution is 7.87. The lowest BCUT2D eigenvalue weighted by atomic mass is 9.74. The van der Waals surface area contributed by atoms with Crippen LogP contribution in [0.1, 0.15) is 70.4 Å². The number of carboxylic acids is 1. The molecule has 30 heteroatoms. The summed E-state index contributed by atoms with van der Waals surface area (Å²) in [5.41, 5.74) is 0.780. The fourth-order valence-electron chi connectivity index (χ4n) is 11.1. The third-order valence-electron chi connectivity index (χ3n) is 15.3. The lowest BCUT2D eigenvalue weighted by Gasteiger charge is -2.30. The number of allylic oxidation sites excluding steroid dienone is 4. The molecule has 0 saturated carbocycles. The van der Waals surface area contributed by atoms with Gasteiger partial charge in [-0.25, -0.2) is 0 Å². The Hall–Kier alpha value is -4.94. The molecule has 0 bridgehead atoms. The minimum absolute atomic E-state index is 0.0234. The van der Waals surface area contributed by atoms with Crippen LogP contribution >= 0.6 is 0 Å². The summed E-state index contributed by atoms with van der Waals surface area (Å²) in [6.45, 7) is 11.5. The van der Waals surface area contributed by atoms with E-state index < -0.39 is 76.9 Å². The van der Waals surface area contributed by atoms with Gasteiger partial charge >= 0.3 is 5.97 Å². The maximum absolute atomic E-state index is 13.1. The number of fused-ring (bicyclic) bond motifs is 6. The van der Waals surface area contributed by atoms with Gasteiger partial charge < -0.3 is 57.4 Å². The van der Waals surface area contributed by atoms with E-state index in [-0.39, 0.29) is 100 Å². The Morgan fingerprint density at radius 3 is 1.35 bits per heavy atom. The number of aliphatic carboxylic acids is 1. The Morgan fingerprint density at radius 2 is 0.933 bits per heavy atom. The summed E-state index contributed by atoms with van der Waals surface area (Å²) in [5, 5.41) is 9.59. The van der Waals surface area contributed by atoms with Crippen LogP contribution in [0.5, 0.6) is 0 Å². The van der Waals surface area contributed by atoms with Crippen molar-refractivity contribution in [3.8, 4) is 0 Å². The van der Waals surface area contributed by atoms with E-state index in [4.69, 9.17) is 47.4 Å². The molecule has 2 unspecified atom stereocenters. The number of methoxy groups -OCH3 is 2. The summed E-state index contributed by atoms with van der Waals surface area (Å²) >= 11 is 0. The van der Waals surface area contributed by atoms with Crippen molar-refractivity contribution in [3.05, 3.63) is 83.6 Å². The van der Waals surface area contributed by atoms with E-state index in [0.29, 0.717) is 138 Å². The van der Waals surface area contributed by atoms with Crippen molar-refractivity contribution < 1.29 is 114 Å². The monoisotopic (exact) mass is 1330 g/mol. The van der Waals surface area contributed by atoms with Gasteiger partial charge in [0.15, 0.2) is 5.71 Å². The number of likely N-dealkylation sites (N-methyl/N-ethyl adjacent to an activating group) is 1. The third kappa shape index (κ3) is 19.6. The first-order valence-electron chi connectivity index (χ1n) is 29.0. The summed E-state index contributed by atoms with van der Waals surface area (Å²) in [6.07, 6.45) is 6.97. The topological polar surface area (TPSA) is 353 Å². The molecule has 0 aliphatic carbocycles. The van der Waals surface area contributed by atoms with E-state index >= 15 is 0 Å². The molecule has 2 heterocycles. The standard InChI is InChI=1S/C59H82N2O24S4/c1-6-60-49-16-14-45-47(39-43(86(64,65)66)41-51(45)88(70,71)72)56(49)58(2,18-21-78-27-29-82-35-37-84-33-31-80-25-23-76-4)53(60)11-10-12-54-59(3,19-22-79-28-30-83-36-38-85-34-32-81-26-24-77-5)57-48-40-44(87(67,68)69)42-52(89(73,74)75)46(48)15-17-50(57)61(54)20-9-7-8-13-55(62)63/h10-12,14-17,39-42H,6-9,13,18-38H2,1-5H3,(H4-,62,63,64,65,66,67,68,69,70,71,72,73,74,75)/p+1. The summed E-state index contributed by atoms with van der Waals surface area (Å²) in [4.78, 5) is 10.4. The van der Waals surface area contributed by atoms with Gasteiger partial charge in [0.05, 0.1) is 121 Å². The van der Waals surface area contributed by atoms with E-state index in [1.54, 1.807) is 32.4 Å². The fraction of sp³-hybridized carbons (Fsp3) is 0.559. The number of ether oxygens (including phenoxy) is 10. The first kappa shape index (κ1) is 73.1. The zero-order valence-corrected chi connectivity index (χ0v) is 54.0. The molecule has 496 valence electrons. The van der Waals surface area contributed by atoms with Crippen molar-refractivity contribution in [3.63, 3.8) is 0 Å². The molecule has 0 radical (unpaired) electrons. The number of benzene rings is 4. The molecule has 2 aliphatic rings. The van der Waals surface area contributed by atoms with Crippen LogP contribution < -0.4 is 4.90 Å². The van der Waals surface area contributed by atoms with Gasteiger partial charge in [-0.2, -0.15) is 38.2 Å². The van der Waals surface area contributed by atoms with Gasteiger partial charge in [0, 0.05) is 92.1 Å². The summed E-state index contributed by atoms with van der Waals surface area (Å²) in [6, 6.07) is 9.87. The molecule has 2 aliphatic heterocycles. The van der Waals surface area contributed by atoms with E-state index in [9.17, 15) is 61.8 Å². The molecule has 0 amide bonds. The van der Waals surface area contributed by atoms with Crippen molar-refractivity contribution in [2.24, 2.45) is 0 Å². The van der Waals surface area contributed by atoms with Gasteiger partial charge in [-0.15, -0.1) is 0 Å². The van der Waals surface area contributed by atoms with Crippen LogP contribution in [-0.4, -0.2) is 219 Å². The number of hydrogen-bond donors (Lipinski definition) is 5. The van der Waals surface area contributed by atoms with Crippen LogP contribution in [0.4, 0.5) is 11.4 Å². The van der Waals surface area contributed by atoms with E-state index in [1.807, 2.05) is 42.4 Å². The van der Waals surface area contributed by atoms with Gasteiger partial charge in [0.25, 0.3) is 40.5 Å². The highest BCUT2D eigenvalue weighted by Crippen LogP contribution is 2.54. The lowest BCUT2D eigenvalue weighted by Crippen LogP contribution is -2.33. The molecule has 4 aromatic carbocycles. The predicted octanol–water partition coefficient (Wildman–Crippen LogP) is 6.42. The zero-order valence-electron chi connectivity index (χ0n) is 50.8. The highest BCUT2D eigenvalue weighted by atomic mass is 32.2. The fourth-order valence-corrected chi connectivity index (χ4v) is 13.8. The van der Waals surface area contributed by atoms with Crippen LogP contribution in [0.2, 0.25) is 0 Å². The number of unbranched alkanes of at least 4 members (excludes halogenated alkanes) is 2. The molecular weight excluding hydrogens is 1250 g/mol. The number of carboxylic acid groups (broad SMARTS) is 1. The van der Waals surface area contributed by atoms with Crippen LogP contribution in [0.15, 0.2) is 92.0 Å². The van der Waals surface area contributed by atoms with Gasteiger partial charge in [0.1, 0.15) is 16.3 Å². The van der Waals surface area contributed by atoms with Gasteiger partial charge in [-0.3, -0.25) is 23.0 Å². The second-order valence-electron chi connectivity index (χ2n) is 21.3. The molecule has 89 heavy (non-hydrogen) atoms. The largest absolute Gasteiger partial charge is 0.481 e. The molecule has 5 N–H and O–H groups in total. The molecule has 2 atom stereocenters. The summed E-state index contributed by atoms with van der Waals surface area (Å²) in [7, 11) is -17.2. The summed E-state index contributed by atoms with van der Waals surface area (Å²) < 4.78 is 203. The van der Waals surface area contributed by atoms with Crippen molar-refractivity contribution in [1.82, 2.24) is 0 Å². The van der Waals surface area contributed by atoms with Crippen molar-refractivity contribution in [2.45, 2.75) is 89.7 Å². The average molecular weight is 1330 g/mol. The van der Waals surface area contributed by atoms with E-state index in [2.05, 4.69) is 0 Å². The molecule has 6 rings (SSSR count). The normalized spacial score (nSPS) is 17.8. The van der Waals surface area contributed by atoms with Gasteiger partial charge in [-0.1, -0.05) is 12.1 Å². The molecule has 26 nitrogen and oxygen atoms in total. The van der Waals surface area contributed by atoms with Crippen molar-refractivity contribution >= 4 is 85.1 Å². The Kier molecular flexibility index (Phi) is 27.6. The second-order valence-corrected chi connectivity index (χ2v) is 26.9. The number of nitrogens with zero attached hydrogens (tertiary/aromatic N) is 2. The Balaban J connectivity index is 1.44. The Labute approximate surface area is 520 Å². The third-order valence-corrected chi connectivity index (χ3v) is 18.8. The van der Waals surface area contributed by atoms with E-state index in [0.717, 1.165) is 12.1 Å².